The highest BCUT2D eigenvalue weighted by atomic mass is 79.9. The second kappa shape index (κ2) is 10.9. The van der Waals surface area contributed by atoms with Crippen LogP contribution in [-0.4, -0.2) is 33.3 Å². The second-order valence-electron chi connectivity index (χ2n) is 9.52. The van der Waals surface area contributed by atoms with Gasteiger partial charge in [0.2, 0.25) is 0 Å². The maximum absolute atomic E-state index is 13.8. The third kappa shape index (κ3) is 5.06. The Labute approximate surface area is 225 Å². The molecule has 37 heavy (non-hydrogen) atoms. The van der Waals surface area contributed by atoms with Crippen molar-refractivity contribution in [2.75, 3.05) is 13.1 Å². The molecule has 2 heterocycles. The number of nitrogens with zero attached hydrogens (tertiary/aromatic N) is 3. The molecule has 0 N–H and O–H groups in total. The number of carbonyl (C=O) groups is 1. The number of benzene rings is 3. The van der Waals surface area contributed by atoms with Gasteiger partial charge in [-0.2, -0.15) is 0 Å². The van der Waals surface area contributed by atoms with Gasteiger partial charge in [-0.25, -0.2) is 4.68 Å². The fourth-order valence-corrected chi connectivity index (χ4v) is 5.75. The Morgan fingerprint density at radius 3 is 2.08 bits per heavy atom. The number of piperidine rings is 1. The van der Waals surface area contributed by atoms with Crippen molar-refractivity contribution in [3.63, 3.8) is 0 Å². The van der Waals surface area contributed by atoms with Crippen molar-refractivity contribution in [1.82, 2.24) is 14.3 Å². The number of rotatable bonds is 7. The largest absolute Gasteiger partial charge is 0.458 e. The van der Waals surface area contributed by atoms with Crippen LogP contribution in [-0.2, 0) is 35.1 Å². The summed E-state index contributed by atoms with van der Waals surface area (Å²) in [6.07, 6.45) is 1.35. The molecule has 0 aliphatic carbocycles. The molecule has 1 aliphatic heterocycles. The summed E-state index contributed by atoms with van der Waals surface area (Å²) >= 11 is 3.44. The Hall–Kier alpha value is -3.42. The van der Waals surface area contributed by atoms with Crippen molar-refractivity contribution in [2.45, 2.75) is 31.4 Å². The van der Waals surface area contributed by atoms with E-state index in [0.717, 1.165) is 30.9 Å². The molecule has 0 spiro atoms. The van der Waals surface area contributed by atoms with Crippen LogP contribution in [0.3, 0.4) is 0 Å². The lowest BCUT2D eigenvalue weighted by molar-refractivity contribution is -0.154. The summed E-state index contributed by atoms with van der Waals surface area (Å²) < 4.78 is 9.70. The Bertz CT molecular complexity index is 1410. The van der Waals surface area contributed by atoms with Crippen molar-refractivity contribution in [3.05, 3.63) is 123 Å². The molecular weight excluding hydrogens is 530 g/mol. The quantitative estimate of drug-likeness (QED) is 0.291. The summed E-state index contributed by atoms with van der Waals surface area (Å²) in [4.78, 5) is 29.2. The van der Waals surface area contributed by atoms with E-state index in [0.29, 0.717) is 23.0 Å². The molecule has 1 aromatic heterocycles. The fourth-order valence-electron chi connectivity index (χ4n) is 5.21. The van der Waals surface area contributed by atoms with E-state index in [-0.39, 0.29) is 18.1 Å². The van der Waals surface area contributed by atoms with E-state index >= 15 is 0 Å². The number of hydrogen-bond donors (Lipinski definition) is 0. The monoisotopic (exact) mass is 559 g/mol. The summed E-state index contributed by atoms with van der Waals surface area (Å²) in [7, 11) is 1.80. The van der Waals surface area contributed by atoms with Crippen LogP contribution in [0.5, 0.6) is 0 Å². The number of aromatic nitrogens is 2. The first kappa shape index (κ1) is 25.2. The SMILES string of the molecule is Cn1c(COC(=O)C2(c3ccccc3)CCN(Cc3ccccc3)CC2)c(Br)c(=O)n1-c1ccccc1. The van der Waals surface area contributed by atoms with Crippen LogP contribution in [0.4, 0.5) is 0 Å². The molecule has 0 atom stereocenters. The summed E-state index contributed by atoms with van der Waals surface area (Å²) in [6, 6.07) is 29.8. The van der Waals surface area contributed by atoms with Gasteiger partial charge in [0.1, 0.15) is 11.1 Å². The van der Waals surface area contributed by atoms with Gasteiger partial charge in [0.05, 0.1) is 16.8 Å². The minimum atomic E-state index is -0.720. The van der Waals surface area contributed by atoms with Crippen LogP contribution >= 0.6 is 15.9 Å². The predicted octanol–water partition coefficient (Wildman–Crippen LogP) is 5.22. The zero-order valence-electron chi connectivity index (χ0n) is 20.8. The third-order valence-corrected chi connectivity index (χ3v) is 8.14. The van der Waals surface area contributed by atoms with E-state index in [2.05, 4.69) is 45.1 Å². The van der Waals surface area contributed by atoms with Crippen molar-refractivity contribution >= 4 is 21.9 Å². The van der Waals surface area contributed by atoms with E-state index < -0.39 is 5.41 Å². The number of esters is 1. The van der Waals surface area contributed by atoms with Crippen LogP contribution in [0.25, 0.3) is 5.69 Å². The van der Waals surface area contributed by atoms with Gasteiger partial charge in [0.15, 0.2) is 0 Å². The van der Waals surface area contributed by atoms with E-state index in [4.69, 9.17) is 4.74 Å². The zero-order valence-corrected chi connectivity index (χ0v) is 22.4. The van der Waals surface area contributed by atoms with E-state index in [1.165, 1.54) is 5.56 Å². The van der Waals surface area contributed by atoms with Gasteiger partial charge in [0.25, 0.3) is 5.56 Å². The lowest BCUT2D eigenvalue weighted by Crippen LogP contribution is -2.47. The molecule has 0 amide bonds. The molecule has 0 bridgehead atoms. The zero-order chi connectivity index (χ0) is 25.8. The van der Waals surface area contributed by atoms with Crippen molar-refractivity contribution < 1.29 is 9.53 Å². The molecule has 1 saturated heterocycles. The standard InChI is InChI=1S/C30H30BrN3O3/c1-32-26(27(31)28(35)34(32)25-15-9-4-10-16-25)22-37-29(36)30(24-13-7-3-8-14-24)17-19-33(20-18-30)21-23-11-5-2-6-12-23/h2-16H,17-22H2,1H3. The Balaban J connectivity index is 1.36. The maximum Gasteiger partial charge on any atom is 0.317 e. The second-order valence-corrected chi connectivity index (χ2v) is 10.3. The normalized spacial score (nSPS) is 15.4. The minimum absolute atomic E-state index is 0.00725. The maximum atomic E-state index is 13.8. The number of para-hydroxylation sites is 1. The highest BCUT2D eigenvalue weighted by Gasteiger charge is 2.44. The summed E-state index contributed by atoms with van der Waals surface area (Å²) in [5.74, 6) is -0.245. The first-order valence-electron chi connectivity index (χ1n) is 12.5. The van der Waals surface area contributed by atoms with Crippen LogP contribution < -0.4 is 5.56 Å². The third-order valence-electron chi connectivity index (χ3n) is 7.34. The Kier molecular flexibility index (Phi) is 7.44. The smallest absolute Gasteiger partial charge is 0.317 e. The molecule has 5 rings (SSSR count). The van der Waals surface area contributed by atoms with E-state index in [1.54, 1.807) is 16.4 Å². The van der Waals surface area contributed by atoms with Crippen LogP contribution in [0.15, 0.2) is 100 Å². The fraction of sp³-hybridized carbons (Fsp3) is 0.267. The number of hydrogen-bond acceptors (Lipinski definition) is 4. The number of ether oxygens (including phenoxy) is 1. The van der Waals surface area contributed by atoms with Gasteiger partial charge in [-0.15, -0.1) is 0 Å². The summed E-state index contributed by atoms with van der Waals surface area (Å²) in [5, 5.41) is 0. The van der Waals surface area contributed by atoms with E-state index in [9.17, 15) is 9.59 Å². The lowest BCUT2D eigenvalue weighted by atomic mass is 9.72. The molecular formula is C30H30BrN3O3. The average molecular weight is 560 g/mol. The van der Waals surface area contributed by atoms with E-state index in [1.807, 2.05) is 66.7 Å². The first-order valence-corrected chi connectivity index (χ1v) is 13.3. The topological polar surface area (TPSA) is 56.5 Å². The van der Waals surface area contributed by atoms with Gasteiger partial charge in [-0.1, -0.05) is 78.9 Å². The molecule has 4 aromatic rings. The molecule has 0 unspecified atom stereocenters. The molecule has 0 radical (unpaired) electrons. The average Bonchev–Trinajstić information content (AvgIpc) is 3.16. The molecule has 3 aromatic carbocycles. The van der Waals surface area contributed by atoms with Crippen LogP contribution in [0.1, 0.15) is 29.7 Å². The summed E-state index contributed by atoms with van der Waals surface area (Å²) in [6.45, 7) is 2.47. The van der Waals surface area contributed by atoms with Gasteiger partial charge in [0, 0.05) is 13.6 Å². The minimum Gasteiger partial charge on any atom is -0.458 e. The van der Waals surface area contributed by atoms with Crippen LogP contribution in [0, 0.1) is 0 Å². The molecule has 1 aliphatic rings. The number of carbonyl (C=O) groups excluding carboxylic acids is 1. The summed E-state index contributed by atoms with van der Waals surface area (Å²) in [5.41, 5.74) is 2.71. The molecule has 1 fully saturated rings. The molecule has 0 saturated carbocycles. The molecule has 7 heteroatoms. The number of likely N-dealkylation sites (tertiary alicyclic amines) is 1. The van der Waals surface area contributed by atoms with Crippen molar-refractivity contribution in [2.24, 2.45) is 7.05 Å². The number of halogens is 1. The first-order chi connectivity index (χ1) is 18.0. The Morgan fingerprint density at radius 1 is 0.892 bits per heavy atom. The predicted molar refractivity (Wildman–Crippen MR) is 148 cm³/mol. The lowest BCUT2D eigenvalue weighted by Gasteiger charge is -2.40. The van der Waals surface area contributed by atoms with Crippen LogP contribution in [0.2, 0.25) is 0 Å². The van der Waals surface area contributed by atoms with Crippen molar-refractivity contribution in [3.8, 4) is 5.69 Å². The highest BCUT2D eigenvalue weighted by molar-refractivity contribution is 9.10. The van der Waals surface area contributed by atoms with Gasteiger partial charge in [-0.05, 0) is 65.1 Å². The van der Waals surface area contributed by atoms with Gasteiger partial charge < -0.3 is 4.74 Å². The van der Waals surface area contributed by atoms with Gasteiger partial charge in [-0.3, -0.25) is 19.2 Å². The molecule has 190 valence electrons. The Morgan fingerprint density at radius 2 is 1.46 bits per heavy atom. The van der Waals surface area contributed by atoms with Crippen molar-refractivity contribution in [1.29, 1.82) is 0 Å². The molecule has 6 nitrogen and oxygen atoms in total. The van der Waals surface area contributed by atoms with Gasteiger partial charge >= 0.3 is 5.97 Å². The highest BCUT2D eigenvalue weighted by Crippen LogP contribution is 2.37.